The van der Waals surface area contributed by atoms with E-state index < -0.39 is 28.8 Å². The van der Waals surface area contributed by atoms with E-state index in [2.05, 4.69) is 4.98 Å². The van der Waals surface area contributed by atoms with E-state index in [1.807, 2.05) is 0 Å². The standard InChI is InChI=1S/C22H29FN4O5/c1-32-18-16-13(20(29)25-21(30)27(16)12-4-5-12)15(24)14(23)17(18)26-9-6-11(10-26)19(28)22(31)7-2-3-8-22/h11-12,19,28,31H,2-10,24H2,1H3,(H,25,29,30). The first-order valence-corrected chi connectivity index (χ1v) is 11.3. The molecular weight excluding hydrogens is 419 g/mol. The van der Waals surface area contributed by atoms with Crippen molar-refractivity contribution in [1.82, 2.24) is 9.55 Å². The van der Waals surface area contributed by atoms with Gasteiger partial charge in [0.2, 0.25) is 0 Å². The van der Waals surface area contributed by atoms with Gasteiger partial charge in [-0.2, -0.15) is 0 Å². The van der Waals surface area contributed by atoms with Crippen molar-refractivity contribution >= 4 is 22.3 Å². The van der Waals surface area contributed by atoms with Crippen molar-refractivity contribution in [1.29, 1.82) is 0 Å². The monoisotopic (exact) mass is 448 g/mol. The predicted molar refractivity (Wildman–Crippen MR) is 118 cm³/mol. The lowest BCUT2D eigenvalue weighted by atomic mass is 9.85. The Morgan fingerprint density at radius 2 is 1.94 bits per heavy atom. The first-order valence-electron chi connectivity index (χ1n) is 11.3. The zero-order valence-electron chi connectivity index (χ0n) is 18.1. The number of benzene rings is 1. The number of fused-ring (bicyclic) bond motifs is 1. The number of ether oxygens (including phenoxy) is 1. The van der Waals surface area contributed by atoms with E-state index in [1.54, 1.807) is 4.90 Å². The Bertz CT molecular complexity index is 1180. The number of nitrogen functional groups attached to an aromatic ring is 1. The topological polar surface area (TPSA) is 134 Å². The molecule has 2 aromatic rings. The van der Waals surface area contributed by atoms with Gasteiger partial charge in [0.15, 0.2) is 11.6 Å². The number of aromatic nitrogens is 2. The molecule has 2 aliphatic carbocycles. The normalized spacial score (nSPS) is 23.8. The summed E-state index contributed by atoms with van der Waals surface area (Å²) in [4.78, 5) is 29.1. The molecule has 1 aromatic heterocycles. The summed E-state index contributed by atoms with van der Waals surface area (Å²) in [5, 5.41) is 21.6. The molecule has 1 saturated heterocycles. The number of hydrogen-bond donors (Lipinski definition) is 4. The third kappa shape index (κ3) is 3.11. The number of rotatable bonds is 5. The second-order valence-corrected chi connectivity index (χ2v) is 9.44. The average molecular weight is 448 g/mol. The highest BCUT2D eigenvalue weighted by Crippen LogP contribution is 2.46. The van der Waals surface area contributed by atoms with Gasteiger partial charge in [0.25, 0.3) is 5.56 Å². The summed E-state index contributed by atoms with van der Waals surface area (Å²) in [5.74, 6) is -0.934. The number of aliphatic hydroxyl groups excluding tert-OH is 1. The van der Waals surface area contributed by atoms with Gasteiger partial charge in [-0.3, -0.25) is 14.3 Å². The largest absolute Gasteiger partial charge is 0.492 e. The summed E-state index contributed by atoms with van der Waals surface area (Å²) in [5.41, 5.74) is 3.62. The lowest BCUT2D eigenvalue weighted by Crippen LogP contribution is -2.45. The highest BCUT2D eigenvalue weighted by Gasteiger charge is 2.45. The number of H-pyrrole nitrogens is 1. The fourth-order valence-electron chi connectivity index (χ4n) is 5.60. The van der Waals surface area contributed by atoms with E-state index in [0.29, 0.717) is 32.4 Å². The molecule has 0 spiro atoms. The quantitative estimate of drug-likeness (QED) is 0.506. The molecule has 0 radical (unpaired) electrons. The molecule has 3 fully saturated rings. The number of anilines is 2. The van der Waals surface area contributed by atoms with Gasteiger partial charge in [0.1, 0.15) is 11.2 Å². The third-order valence-electron chi connectivity index (χ3n) is 7.41. The Hall–Kier alpha value is -2.59. The Morgan fingerprint density at radius 3 is 2.56 bits per heavy atom. The van der Waals surface area contributed by atoms with Crippen LogP contribution < -0.4 is 26.6 Å². The van der Waals surface area contributed by atoms with Crippen molar-refractivity contribution in [2.75, 3.05) is 30.8 Å². The van der Waals surface area contributed by atoms with Crippen LogP contribution in [0.25, 0.3) is 10.9 Å². The fraction of sp³-hybridized carbons (Fsp3) is 0.636. The van der Waals surface area contributed by atoms with Crippen LogP contribution >= 0.6 is 0 Å². The second-order valence-electron chi connectivity index (χ2n) is 9.44. The summed E-state index contributed by atoms with van der Waals surface area (Å²) < 4.78 is 22.6. The van der Waals surface area contributed by atoms with Gasteiger partial charge < -0.3 is 25.6 Å². The lowest BCUT2D eigenvalue weighted by molar-refractivity contribution is -0.0922. The number of nitrogens with two attached hydrogens (primary N) is 1. The van der Waals surface area contributed by atoms with Crippen LogP contribution in [0.3, 0.4) is 0 Å². The zero-order valence-corrected chi connectivity index (χ0v) is 18.1. The molecule has 1 aliphatic heterocycles. The summed E-state index contributed by atoms with van der Waals surface area (Å²) in [7, 11) is 1.38. The van der Waals surface area contributed by atoms with Gasteiger partial charge in [-0.1, -0.05) is 12.8 Å². The second kappa shape index (κ2) is 7.48. The van der Waals surface area contributed by atoms with Gasteiger partial charge in [0.05, 0.1) is 29.9 Å². The molecule has 0 bridgehead atoms. The first kappa shape index (κ1) is 21.3. The highest BCUT2D eigenvalue weighted by molar-refractivity contribution is 5.99. The van der Waals surface area contributed by atoms with E-state index in [4.69, 9.17) is 10.5 Å². The minimum Gasteiger partial charge on any atom is -0.492 e. The summed E-state index contributed by atoms with van der Waals surface area (Å²) in [6.07, 6.45) is 4.07. The molecule has 1 aromatic carbocycles. The van der Waals surface area contributed by atoms with Crippen molar-refractivity contribution < 1.29 is 19.3 Å². The average Bonchev–Trinajstić information content (AvgIpc) is 3.29. The maximum Gasteiger partial charge on any atom is 0.329 e. The van der Waals surface area contributed by atoms with E-state index in [0.717, 1.165) is 25.7 Å². The van der Waals surface area contributed by atoms with Crippen LogP contribution in [0.4, 0.5) is 15.8 Å². The molecule has 3 aliphatic rings. The molecule has 2 heterocycles. The summed E-state index contributed by atoms with van der Waals surface area (Å²) in [6, 6.07) is -0.0989. The summed E-state index contributed by atoms with van der Waals surface area (Å²) >= 11 is 0. The summed E-state index contributed by atoms with van der Waals surface area (Å²) in [6.45, 7) is 0.728. The van der Waals surface area contributed by atoms with E-state index in [9.17, 15) is 19.8 Å². The fourth-order valence-corrected chi connectivity index (χ4v) is 5.60. The SMILES string of the molecule is COc1c(N2CCC(C(O)C3(O)CCCC3)C2)c(F)c(N)c2c(=O)[nH]c(=O)n(C3CC3)c12. The Morgan fingerprint density at radius 1 is 1.25 bits per heavy atom. The first-order chi connectivity index (χ1) is 15.3. The van der Waals surface area contributed by atoms with Crippen LogP contribution in [-0.2, 0) is 0 Å². The molecule has 2 saturated carbocycles. The van der Waals surface area contributed by atoms with E-state index in [1.165, 1.54) is 11.7 Å². The molecule has 174 valence electrons. The van der Waals surface area contributed by atoms with E-state index in [-0.39, 0.29) is 40.0 Å². The smallest absolute Gasteiger partial charge is 0.329 e. The Kier molecular flexibility index (Phi) is 4.97. The number of methoxy groups -OCH3 is 1. The number of nitrogens with one attached hydrogen (secondary N) is 1. The maximum absolute atomic E-state index is 15.6. The molecule has 32 heavy (non-hydrogen) atoms. The zero-order chi connectivity index (χ0) is 22.8. The van der Waals surface area contributed by atoms with Gasteiger partial charge in [-0.15, -0.1) is 0 Å². The Labute approximate surface area is 183 Å². The van der Waals surface area contributed by atoms with Crippen LogP contribution in [0.2, 0.25) is 0 Å². The van der Waals surface area contributed by atoms with Crippen molar-refractivity contribution in [3.8, 4) is 5.75 Å². The molecule has 10 heteroatoms. The van der Waals surface area contributed by atoms with Crippen LogP contribution in [0.1, 0.15) is 51.0 Å². The number of hydrogen-bond acceptors (Lipinski definition) is 7. The van der Waals surface area contributed by atoms with Crippen molar-refractivity contribution in [2.45, 2.75) is 62.7 Å². The maximum atomic E-state index is 15.6. The van der Waals surface area contributed by atoms with Crippen molar-refractivity contribution in [2.24, 2.45) is 5.92 Å². The van der Waals surface area contributed by atoms with Gasteiger partial charge in [-0.05, 0) is 32.1 Å². The van der Waals surface area contributed by atoms with E-state index >= 15 is 4.39 Å². The Balaban J connectivity index is 1.62. The number of aromatic amines is 1. The molecule has 5 N–H and O–H groups in total. The predicted octanol–water partition coefficient (Wildman–Crippen LogP) is 1.25. The van der Waals surface area contributed by atoms with Crippen LogP contribution in [0, 0.1) is 11.7 Å². The molecule has 9 nitrogen and oxygen atoms in total. The molecule has 5 rings (SSSR count). The van der Waals surface area contributed by atoms with Gasteiger partial charge in [-0.25, -0.2) is 9.18 Å². The highest BCUT2D eigenvalue weighted by atomic mass is 19.1. The van der Waals surface area contributed by atoms with Gasteiger partial charge in [0, 0.05) is 25.0 Å². The van der Waals surface area contributed by atoms with Gasteiger partial charge >= 0.3 is 5.69 Å². The molecule has 2 unspecified atom stereocenters. The third-order valence-corrected chi connectivity index (χ3v) is 7.41. The van der Waals surface area contributed by atoms with Crippen LogP contribution in [0.15, 0.2) is 9.59 Å². The van der Waals surface area contributed by atoms with Crippen LogP contribution in [0.5, 0.6) is 5.75 Å². The minimum atomic E-state index is -1.11. The van der Waals surface area contributed by atoms with Crippen LogP contribution in [-0.4, -0.2) is 51.7 Å². The number of halogens is 1. The molecule has 2 atom stereocenters. The van der Waals surface area contributed by atoms with Crippen molar-refractivity contribution in [3.05, 3.63) is 26.7 Å². The van der Waals surface area contributed by atoms with Crippen molar-refractivity contribution in [3.63, 3.8) is 0 Å². The molecular formula is C22H29FN4O5. The lowest BCUT2D eigenvalue weighted by Gasteiger charge is -2.33. The minimum absolute atomic E-state index is 0.0880. The number of nitrogens with zero attached hydrogens (tertiary/aromatic N) is 2. The molecule has 0 amide bonds. The number of aliphatic hydroxyl groups is 2.